The predicted octanol–water partition coefficient (Wildman–Crippen LogP) is 3.45. The molecule has 0 saturated heterocycles. The van der Waals surface area contributed by atoms with E-state index in [1.807, 2.05) is 0 Å². The molecule has 0 bridgehead atoms. The zero-order valence-electron chi connectivity index (χ0n) is 9.60. The van der Waals surface area contributed by atoms with Crippen LogP contribution in [-0.4, -0.2) is 16.1 Å². The molecule has 1 aliphatic rings. The van der Waals surface area contributed by atoms with E-state index in [9.17, 15) is 9.90 Å². The fraction of sp³-hybridized carbons (Fsp3) is 0.385. The SMILES string of the molecule is O=C(O)C1CCCC1c1nc2ccc(Cl)cc2o1. The van der Waals surface area contributed by atoms with E-state index < -0.39 is 5.97 Å². The van der Waals surface area contributed by atoms with Gasteiger partial charge in [-0.25, -0.2) is 4.98 Å². The van der Waals surface area contributed by atoms with Crippen molar-refractivity contribution in [1.29, 1.82) is 0 Å². The van der Waals surface area contributed by atoms with Gasteiger partial charge in [-0.15, -0.1) is 0 Å². The van der Waals surface area contributed by atoms with Crippen LogP contribution in [0.5, 0.6) is 0 Å². The van der Waals surface area contributed by atoms with Gasteiger partial charge < -0.3 is 9.52 Å². The summed E-state index contributed by atoms with van der Waals surface area (Å²) in [5.74, 6) is -0.739. The summed E-state index contributed by atoms with van der Waals surface area (Å²) in [5, 5.41) is 9.76. The van der Waals surface area contributed by atoms with Gasteiger partial charge >= 0.3 is 5.97 Å². The van der Waals surface area contributed by atoms with Gasteiger partial charge in [0.05, 0.1) is 5.92 Å². The number of oxazole rings is 1. The highest BCUT2D eigenvalue weighted by Crippen LogP contribution is 2.40. The molecule has 2 atom stereocenters. The summed E-state index contributed by atoms with van der Waals surface area (Å²) in [6.07, 6.45) is 2.41. The van der Waals surface area contributed by atoms with Gasteiger partial charge in [-0.05, 0) is 25.0 Å². The summed E-state index contributed by atoms with van der Waals surface area (Å²) in [5.41, 5.74) is 1.35. The number of benzene rings is 1. The molecule has 0 amide bonds. The van der Waals surface area contributed by atoms with E-state index in [1.54, 1.807) is 18.2 Å². The Hall–Kier alpha value is -1.55. The number of aliphatic carboxylic acids is 1. The number of aromatic nitrogens is 1. The molecule has 94 valence electrons. The lowest BCUT2D eigenvalue weighted by atomic mass is 9.96. The van der Waals surface area contributed by atoms with Crippen LogP contribution in [0.1, 0.15) is 31.1 Å². The molecule has 2 unspecified atom stereocenters. The van der Waals surface area contributed by atoms with Gasteiger partial charge in [-0.3, -0.25) is 4.79 Å². The summed E-state index contributed by atoms with van der Waals surface area (Å²) in [6.45, 7) is 0. The van der Waals surface area contributed by atoms with Crippen molar-refractivity contribution in [3.8, 4) is 0 Å². The third kappa shape index (κ3) is 1.86. The van der Waals surface area contributed by atoms with Crippen molar-refractivity contribution in [3.05, 3.63) is 29.1 Å². The zero-order valence-corrected chi connectivity index (χ0v) is 10.4. The number of carboxylic acids is 1. The number of nitrogens with zero attached hydrogens (tertiary/aromatic N) is 1. The molecule has 1 heterocycles. The van der Waals surface area contributed by atoms with Crippen LogP contribution in [0, 0.1) is 5.92 Å². The van der Waals surface area contributed by atoms with E-state index >= 15 is 0 Å². The largest absolute Gasteiger partial charge is 0.481 e. The third-order valence-corrected chi connectivity index (χ3v) is 3.75. The van der Waals surface area contributed by atoms with Gasteiger partial charge in [0.2, 0.25) is 0 Å². The van der Waals surface area contributed by atoms with Crippen molar-refractivity contribution in [2.75, 3.05) is 0 Å². The minimum atomic E-state index is -0.766. The van der Waals surface area contributed by atoms with Crippen molar-refractivity contribution in [3.63, 3.8) is 0 Å². The molecule has 2 aromatic rings. The van der Waals surface area contributed by atoms with E-state index in [1.165, 1.54) is 0 Å². The molecule has 0 aliphatic heterocycles. The lowest BCUT2D eigenvalue weighted by molar-refractivity contribution is -0.142. The zero-order chi connectivity index (χ0) is 12.7. The standard InChI is InChI=1S/C13H12ClNO3/c14-7-4-5-10-11(6-7)18-12(15-10)8-2-1-3-9(8)13(16)17/h4-6,8-9H,1-3H2,(H,16,17). The van der Waals surface area contributed by atoms with E-state index in [4.69, 9.17) is 16.0 Å². The van der Waals surface area contributed by atoms with Crippen molar-refractivity contribution in [1.82, 2.24) is 4.98 Å². The minimum Gasteiger partial charge on any atom is -0.481 e. The molecule has 1 fully saturated rings. The summed E-state index contributed by atoms with van der Waals surface area (Å²) >= 11 is 5.88. The van der Waals surface area contributed by atoms with Crippen LogP contribution < -0.4 is 0 Å². The minimum absolute atomic E-state index is 0.117. The van der Waals surface area contributed by atoms with Crippen LogP contribution in [-0.2, 0) is 4.79 Å². The number of halogens is 1. The Kier molecular flexibility index (Phi) is 2.74. The first-order valence-corrected chi connectivity index (χ1v) is 6.32. The second-order valence-corrected chi connectivity index (χ2v) is 5.08. The van der Waals surface area contributed by atoms with Gasteiger partial charge in [0.25, 0.3) is 0 Å². The maximum Gasteiger partial charge on any atom is 0.307 e. The topological polar surface area (TPSA) is 63.3 Å². The Bertz CT molecular complexity index is 607. The number of fused-ring (bicyclic) bond motifs is 1. The Morgan fingerprint density at radius 1 is 1.44 bits per heavy atom. The smallest absolute Gasteiger partial charge is 0.307 e. The number of rotatable bonds is 2. The molecule has 4 nitrogen and oxygen atoms in total. The molecule has 0 radical (unpaired) electrons. The average Bonchev–Trinajstić information content (AvgIpc) is 2.93. The maximum absolute atomic E-state index is 11.2. The highest BCUT2D eigenvalue weighted by Gasteiger charge is 2.37. The predicted molar refractivity (Wildman–Crippen MR) is 66.7 cm³/mol. The summed E-state index contributed by atoms with van der Waals surface area (Å²) < 4.78 is 5.65. The Morgan fingerprint density at radius 3 is 3.06 bits per heavy atom. The molecule has 3 rings (SSSR count). The van der Waals surface area contributed by atoms with Gasteiger partial charge in [0.15, 0.2) is 11.5 Å². The van der Waals surface area contributed by atoms with E-state index in [-0.39, 0.29) is 11.8 Å². The quantitative estimate of drug-likeness (QED) is 0.903. The number of hydrogen-bond donors (Lipinski definition) is 1. The summed E-state index contributed by atoms with van der Waals surface area (Å²) in [6, 6.07) is 5.24. The molecule has 1 aromatic heterocycles. The lowest BCUT2D eigenvalue weighted by Gasteiger charge is -2.10. The van der Waals surface area contributed by atoms with Crippen molar-refractivity contribution < 1.29 is 14.3 Å². The average molecular weight is 266 g/mol. The molecule has 1 saturated carbocycles. The second kappa shape index (κ2) is 4.28. The fourth-order valence-corrected chi connectivity index (χ4v) is 2.79. The Balaban J connectivity index is 2.01. The van der Waals surface area contributed by atoms with E-state index in [2.05, 4.69) is 4.98 Å². The Labute approximate surface area is 109 Å². The first-order valence-electron chi connectivity index (χ1n) is 5.94. The first kappa shape index (κ1) is 11.5. The highest BCUT2D eigenvalue weighted by molar-refractivity contribution is 6.31. The van der Waals surface area contributed by atoms with Crippen molar-refractivity contribution in [2.24, 2.45) is 5.92 Å². The van der Waals surface area contributed by atoms with Crippen LogP contribution in [0.15, 0.2) is 22.6 Å². The van der Waals surface area contributed by atoms with E-state index in [0.29, 0.717) is 22.9 Å². The van der Waals surface area contributed by atoms with Crippen LogP contribution in [0.2, 0.25) is 5.02 Å². The molecule has 1 N–H and O–H groups in total. The number of carbonyl (C=O) groups is 1. The lowest BCUT2D eigenvalue weighted by Crippen LogP contribution is -2.16. The fourth-order valence-electron chi connectivity index (χ4n) is 2.63. The molecule has 0 spiro atoms. The molecule has 5 heteroatoms. The number of carboxylic acid groups (broad SMARTS) is 1. The van der Waals surface area contributed by atoms with Gasteiger partial charge in [0.1, 0.15) is 5.52 Å². The maximum atomic E-state index is 11.2. The summed E-state index contributed by atoms with van der Waals surface area (Å²) in [4.78, 5) is 15.5. The third-order valence-electron chi connectivity index (χ3n) is 3.52. The summed E-state index contributed by atoms with van der Waals surface area (Å²) in [7, 11) is 0. The first-order chi connectivity index (χ1) is 8.65. The monoisotopic (exact) mass is 265 g/mol. The molecular weight excluding hydrogens is 254 g/mol. The highest BCUT2D eigenvalue weighted by atomic mass is 35.5. The second-order valence-electron chi connectivity index (χ2n) is 4.65. The normalized spacial score (nSPS) is 23.6. The van der Waals surface area contributed by atoms with Crippen LogP contribution in [0.25, 0.3) is 11.1 Å². The molecular formula is C13H12ClNO3. The molecule has 1 aliphatic carbocycles. The van der Waals surface area contributed by atoms with Gasteiger partial charge in [0, 0.05) is 17.0 Å². The molecule has 18 heavy (non-hydrogen) atoms. The van der Waals surface area contributed by atoms with Crippen LogP contribution >= 0.6 is 11.6 Å². The van der Waals surface area contributed by atoms with Gasteiger partial charge in [-0.2, -0.15) is 0 Å². The Morgan fingerprint density at radius 2 is 2.28 bits per heavy atom. The van der Waals surface area contributed by atoms with Crippen LogP contribution in [0.4, 0.5) is 0 Å². The molecule has 1 aromatic carbocycles. The van der Waals surface area contributed by atoms with Crippen LogP contribution in [0.3, 0.4) is 0 Å². The van der Waals surface area contributed by atoms with Crippen molar-refractivity contribution >= 4 is 28.7 Å². The van der Waals surface area contributed by atoms with E-state index in [0.717, 1.165) is 18.4 Å². The van der Waals surface area contributed by atoms with Gasteiger partial charge in [-0.1, -0.05) is 18.0 Å². The number of hydrogen-bond acceptors (Lipinski definition) is 3. The van der Waals surface area contributed by atoms with Crippen molar-refractivity contribution in [2.45, 2.75) is 25.2 Å².